The van der Waals surface area contributed by atoms with Crippen molar-refractivity contribution in [1.29, 1.82) is 0 Å². The second-order valence-corrected chi connectivity index (χ2v) is 5.61. The van der Waals surface area contributed by atoms with Gasteiger partial charge in [-0.25, -0.2) is 14.8 Å². The van der Waals surface area contributed by atoms with E-state index in [-0.39, 0.29) is 11.4 Å². The van der Waals surface area contributed by atoms with Gasteiger partial charge < -0.3 is 15.2 Å². The number of carboxylic acid groups (broad SMARTS) is 1. The van der Waals surface area contributed by atoms with Gasteiger partial charge in [0.1, 0.15) is 17.1 Å². The molecule has 0 saturated carbocycles. The van der Waals surface area contributed by atoms with Crippen LogP contribution in [-0.2, 0) is 0 Å². The third-order valence-electron chi connectivity index (χ3n) is 3.76. The number of rotatable bonds is 6. The molecule has 0 aliphatic rings. The predicted octanol–water partition coefficient (Wildman–Crippen LogP) is 4.29. The van der Waals surface area contributed by atoms with Crippen LogP contribution in [0.5, 0.6) is 5.75 Å². The van der Waals surface area contributed by atoms with Crippen LogP contribution in [0.4, 0.5) is 11.5 Å². The topological polar surface area (TPSA) is 84.3 Å². The number of aromatic carboxylic acids is 1. The molecule has 2 aromatic carbocycles. The van der Waals surface area contributed by atoms with Gasteiger partial charge in [0.05, 0.1) is 12.3 Å². The van der Waals surface area contributed by atoms with Crippen LogP contribution >= 0.6 is 0 Å². The third-order valence-corrected chi connectivity index (χ3v) is 3.76. The number of nitrogens with one attached hydrogen (secondary N) is 1. The van der Waals surface area contributed by atoms with Crippen molar-refractivity contribution in [3.8, 4) is 17.1 Å². The smallest absolute Gasteiger partial charge is 0.341 e. The SMILES string of the molecule is CCOc1ccc(Nc2nc(-c3ccccc3)nc(C)c2C(=O)O)cc1. The number of carbonyl (C=O) groups is 1. The van der Waals surface area contributed by atoms with E-state index in [0.717, 1.165) is 11.3 Å². The van der Waals surface area contributed by atoms with E-state index in [1.54, 1.807) is 6.92 Å². The van der Waals surface area contributed by atoms with Crippen molar-refractivity contribution in [2.24, 2.45) is 0 Å². The molecule has 6 heteroatoms. The molecule has 0 unspecified atom stereocenters. The largest absolute Gasteiger partial charge is 0.494 e. The Morgan fingerprint density at radius 3 is 2.38 bits per heavy atom. The highest BCUT2D eigenvalue weighted by Gasteiger charge is 2.19. The van der Waals surface area contributed by atoms with Crippen LogP contribution in [0.15, 0.2) is 54.6 Å². The molecule has 0 atom stereocenters. The van der Waals surface area contributed by atoms with Gasteiger partial charge in [0.15, 0.2) is 5.82 Å². The summed E-state index contributed by atoms with van der Waals surface area (Å²) in [6, 6.07) is 16.7. The molecule has 0 amide bonds. The van der Waals surface area contributed by atoms with Crippen molar-refractivity contribution in [3.05, 3.63) is 65.9 Å². The zero-order valence-corrected chi connectivity index (χ0v) is 14.6. The lowest BCUT2D eigenvalue weighted by Gasteiger charge is -2.13. The second-order valence-electron chi connectivity index (χ2n) is 5.61. The Bertz CT molecular complexity index is 910. The number of anilines is 2. The fourth-order valence-corrected chi connectivity index (χ4v) is 2.57. The monoisotopic (exact) mass is 349 g/mol. The first-order valence-electron chi connectivity index (χ1n) is 8.25. The normalized spacial score (nSPS) is 10.4. The van der Waals surface area contributed by atoms with E-state index >= 15 is 0 Å². The lowest BCUT2D eigenvalue weighted by molar-refractivity contribution is 0.0696. The van der Waals surface area contributed by atoms with Gasteiger partial charge in [-0.1, -0.05) is 30.3 Å². The van der Waals surface area contributed by atoms with Crippen molar-refractivity contribution in [3.63, 3.8) is 0 Å². The molecular formula is C20H19N3O3. The highest BCUT2D eigenvalue weighted by molar-refractivity contribution is 5.95. The Morgan fingerprint density at radius 2 is 1.77 bits per heavy atom. The minimum atomic E-state index is -1.07. The van der Waals surface area contributed by atoms with Crippen LogP contribution in [0.3, 0.4) is 0 Å². The van der Waals surface area contributed by atoms with E-state index in [1.165, 1.54) is 0 Å². The molecule has 3 aromatic rings. The number of nitrogens with zero attached hydrogens (tertiary/aromatic N) is 2. The van der Waals surface area contributed by atoms with Crippen LogP contribution in [0.1, 0.15) is 23.0 Å². The summed E-state index contributed by atoms with van der Waals surface area (Å²) in [7, 11) is 0. The summed E-state index contributed by atoms with van der Waals surface area (Å²) < 4.78 is 5.42. The average Bonchev–Trinajstić information content (AvgIpc) is 2.63. The molecule has 2 N–H and O–H groups in total. The molecule has 132 valence electrons. The lowest BCUT2D eigenvalue weighted by Crippen LogP contribution is -2.10. The zero-order chi connectivity index (χ0) is 18.5. The summed E-state index contributed by atoms with van der Waals surface area (Å²) in [6.07, 6.45) is 0. The molecule has 0 bridgehead atoms. The molecule has 0 aliphatic carbocycles. The summed E-state index contributed by atoms with van der Waals surface area (Å²) in [5.41, 5.74) is 1.99. The molecule has 0 fully saturated rings. The Labute approximate surface area is 151 Å². The summed E-state index contributed by atoms with van der Waals surface area (Å²) in [5.74, 6) is 0.408. The lowest BCUT2D eigenvalue weighted by atomic mass is 10.1. The van der Waals surface area contributed by atoms with Gasteiger partial charge in [-0.2, -0.15) is 0 Å². The van der Waals surface area contributed by atoms with E-state index in [2.05, 4.69) is 15.3 Å². The summed E-state index contributed by atoms with van der Waals surface area (Å²) in [4.78, 5) is 20.5. The number of benzene rings is 2. The highest BCUT2D eigenvalue weighted by Crippen LogP contribution is 2.26. The molecule has 0 spiro atoms. The molecule has 0 saturated heterocycles. The zero-order valence-electron chi connectivity index (χ0n) is 14.6. The molecule has 0 aliphatic heterocycles. The third kappa shape index (κ3) is 3.80. The quantitative estimate of drug-likeness (QED) is 0.690. The van der Waals surface area contributed by atoms with E-state index in [0.29, 0.717) is 23.8 Å². The summed E-state index contributed by atoms with van der Waals surface area (Å²) in [6.45, 7) is 4.17. The molecule has 6 nitrogen and oxygen atoms in total. The van der Waals surface area contributed by atoms with Gasteiger partial charge in [0.25, 0.3) is 0 Å². The van der Waals surface area contributed by atoms with Crippen molar-refractivity contribution >= 4 is 17.5 Å². The average molecular weight is 349 g/mol. The predicted molar refractivity (Wildman–Crippen MR) is 100 cm³/mol. The Balaban J connectivity index is 2.00. The van der Waals surface area contributed by atoms with Gasteiger partial charge in [-0.05, 0) is 38.1 Å². The molecular weight excluding hydrogens is 330 g/mol. The first-order valence-corrected chi connectivity index (χ1v) is 8.25. The Kier molecular flexibility index (Phi) is 5.12. The number of aromatic nitrogens is 2. The van der Waals surface area contributed by atoms with Crippen molar-refractivity contribution in [2.75, 3.05) is 11.9 Å². The number of hydrogen-bond donors (Lipinski definition) is 2. The van der Waals surface area contributed by atoms with Crippen molar-refractivity contribution in [1.82, 2.24) is 9.97 Å². The maximum Gasteiger partial charge on any atom is 0.341 e. The minimum Gasteiger partial charge on any atom is -0.494 e. The number of aryl methyl sites for hydroxylation is 1. The maximum atomic E-state index is 11.7. The van der Waals surface area contributed by atoms with Crippen LogP contribution in [0.25, 0.3) is 11.4 Å². The number of hydrogen-bond acceptors (Lipinski definition) is 5. The van der Waals surface area contributed by atoms with Gasteiger partial charge in [-0.3, -0.25) is 0 Å². The van der Waals surface area contributed by atoms with Crippen molar-refractivity contribution in [2.45, 2.75) is 13.8 Å². The fourth-order valence-electron chi connectivity index (χ4n) is 2.57. The first kappa shape index (κ1) is 17.4. The standard InChI is InChI=1S/C20H19N3O3/c1-3-26-16-11-9-15(10-12-16)22-19-17(20(24)25)13(2)21-18(23-19)14-7-5-4-6-8-14/h4-12H,3H2,1-2H3,(H,24,25)(H,21,22,23). The second kappa shape index (κ2) is 7.65. The van der Waals surface area contributed by atoms with Crippen LogP contribution < -0.4 is 10.1 Å². The highest BCUT2D eigenvalue weighted by atomic mass is 16.5. The van der Waals surface area contributed by atoms with E-state index in [9.17, 15) is 9.90 Å². The first-order chi connectivity index (χ1) is 12.6. The maximum absolute atomic E-state index is 11.7. The van der Waals surface area contributed by atoms with Gasteiger partial charge in [-0.15, -0.1) is 0 Å². The van der Waals surface area contributed by atoms with E-state index < -0.39 is 5.97 Å². The summed E-state index contributed by atoms with van der Waals surface area (Å²) >= 11 is 0. The van der Waals surface area contributed by atoms with Gasteiger partial charge in [0.2, 0.25) is 0 Å². The van der Waals surface area contributed by atoms with Gasteiger partial charge >= 0.3 is 5.97 Å². The van der Waals surface area contributed by atoms with E-state index in [4.69, 9.17) is 4.74 Å². The molecule has 1 aromatic heterocycles. The van der Waals surface area contributed by atoms with Gasteiger partial charge in [0, 0.05) is 11.3 Å². The number of ether oxygens (including phenoxy) is 1. The molecule has 1 heterocycles. The fraction of sp³-hybridized carbons (Fsp3) is 0.150. The molecule has 0 radical (unpaired) electrons. The summed E-state index contributed by atoms with van der Waals surface area (Å²) in [5, 5.41) is 12.6. The van der Waals surface area contributed by atoms with Crippen LogP contribution in [0, 0.1) is 6.92 Å². The number of carboxylic acids is 1. The van der Waals surface area contributed by atoms with Crippen molar-refractivity contribution < 1.29 is 14.6 Å². The van der Waals surface area contributed by atoms with Crippen LogP contribution in [-0.4, -0.2) is 27.7 Å². The molecule has 26 heavy (non-hydrogen) atoms. The Hall–Kier alpha value is -3.41. The molecule has 3 rings (SSSR count). The van der Waals surface area contributed by atoms with E-state index in [1.807, 2.05) is 61.5 Å². The van der Waals surface area contributed by atoms with Crippen LogP contribution in [0.2, 0.25) is 0 Å². The Morgan fingerprint density at radius 1 is 1.08 bits per heavy atom. The minimum absolute atomic E-state index is 0.0542.